The Bertz CT molecular complexity index is 342. The van der Waals surface area contributed by atoms with E-state index >= 15 is 0 Å². The average Bonchev–Trinajstić information content (AvgIpc) is 2.25. The Morgan fingerprint density at radius 3 is 2.47 bits per heavy atom. The van der Waals surface area contributed by atoms with Gasteiger partial charge in [-0.3, -0.25) is 0 Å². The molecule has 0 aliphatic heterocycles. The molecule has 0 unspecified atom stereocenters. The molecule has 0 fully saturated rings. The van der Waals surface area contributed by atoms with Crippen molar-refractivity contribution in [2.45, 2.75) is 0 Å². The molecule has 3 nitrogen and oxygen atoms in total. The summed E-state index contributed by atoms with van der Waals surface area (Å²) in [5.41, 5.74) is 2.13. The molecule has 0 aliphatic rings. The van der Waals surface area contributed by atoms with Crippen LogP contribution < -0.4 is 0 Å². The fourth-order valence-electron chi connectivity index (χ4n) is 1.20. The standard InChI is InChI=1S/C12H16N2O/c1-14(2)10-12(9-13-15-3)11-7-5-4-6-8-11/h4-10H,1-3H3/b12-10-,13-9-. The summed E-state index contributed by atoms with van der Waals surface area (Å²) < 4.78 is 0. The molecule has 3 heteroatoms. The molecule has 0 heterocycles. The first-order valence-corrected chi connectivity index (χ1v) is 4.74. The smallest absolute Gasteiger partial charge is 0.106 e. The van der Waals surface area contributed by atoms with Crippen molar-refractivity contribution >= 4 is 11.8 Å². The van der Waals surface area contributed by atoms with Gasteiger partial charge in [-0.05, 0) is 5.56 Å². The molecule has 0 spiro atoms. The Kier molecular flexibility index (Phi) is 4.41. The number of nitrogens with zero attached hydrogens (tertiary/aromatic N) is 2. The van der Waals surface area contributed by atoms with Crippen molar-refractivity contribution in [1.29, 1.82) is 0 Å². The minimum atomic E-state index is 1.02. The molecule has 0 radical (unpaired) electrons. The van der Waals surface area contributed by atoms with Crippen LogP contribution >= 0.6 is 0 Å². The summed E-state index contributed by atoms with van der Waals surface area (Å²) >= 11 is 0. The van der Waals surface area contributed by atoms with Crippen molar-refractivity contribution < 1.29 is 4.84 Å². The van der Waals surface area contributed by atoms with Gasteiger partial charge in [0.15, 0.2) is 0 Å². The van der Waals surface area contributed by atoms with Crippen molar-refractivity contribution in [3.8, 4) is 0 Å². The highest BCUT2D eigenvalue weighted by Gasteiger charge is 1.98. The Labute approximate surface area is 90.7 Å². The summed E-state index contributed by atoms with van der Waals surface area (Å²) in [6.07, 6.45) is 3.70. The van der Waals surface area contributed by atoms with Gasteiger partial charge in [0, 0.05) is 25.9 Å². The molecule has 0 saturated heterocycles. The molecule has 0 bridgehead atoms. The van der Waals surface area contributed by atoms with Crippen molar-refractivity contribution in [3.05, 3.63) is 42.1 Å². The Balaban J connectivity index is 2.97. The summed E-state index contributed by atoms with van der Waals surface area (Å²) in [5.74, 6) is 0. The summed E-state index contributed by atoms with van der Waals surface area (Å²) in [5, 5.41) is 3.78. The molecule has 1 rings (SSSR count). The third-order valence-electron chi connectivity index (χ3n) is 1.80. The molecular weight excluding hydrogens is 188 g/mol. The van der Waals surface area contributed by atoms with E-state index in [0.717, 1.165) is 11.1 Å². The van der Waals surface area contributed by atoms with Crippen LogP contribution in [0.1, 0.15) is 5.56 Å². The third-order valence-corrected chi connectivity index (χ3v) is 1.80. The minimum Gasteiger partial charge on any atom is -0.399 e. The SMILES string of the molecule is CO/N=C\C(=C\N(C)C)c1ccccc1. The van der Waals surface area contributed by atoms with E-state index in [4.69, 9.17) is 0 Å². The van der Waals surface area contributed by atoms with Gasteiger partial charge in [0.1, 0.15) is 7.11 Å². The van der Waals surface area contributed by atoms with Gasteiger partial charge < -0.3 is 9.74 Å². The number of hydrogen-bond acceptors (Lipinski definition) is 3. The van der Waals surface area contributed by atoms with Gasteiger partial charge in [0.05, 0.1) is 6.21 Å². The van der Waals surface area contributed by atoms with E-state index in [1.807, 2.05) is 55.5 Å². The number of hydrogen-bond donors (Lipinski definition) is 0. The van der Waals surface area contributed by atoms with Gasteiger partial charge in [-0.25, -0.2) is 0 Å². The summed E-state index contributed by atoms with van der Waals surface area (Å²) in [6.45, 7) is 0. The second kappa shape index (κ2) is 5.86. The normalized spacial score (nSPS) is 11.8. The first-order chi connectivity index (χ1) is 7.24. The maximum absolute atomic E-state index is 4.69. The maximum Gasteiger partial charge on any atom is 0.106 e. The molecule has 0 aromatic heterocycles. The topological polar surface area (TPSA) is 24.8 Å². The van der Waals surface area contributed by atoms with E-state index in [-0.39, 0.29) is 0 Å². The van der Waals surface area contributed by atoms with Crippen LogP contribution in [0.15, 0.2) is 41.7 Å². The van der Waals surface area contributed by atoms with Crippen LogP contribution in [0, 0.1) is 0 Å². The van der Waals surface area contributed by atoms with Crippen molar-refractivity contribution in [1.82, 2.24) is 4.90 Å². The Morgan fingerprint density at radius 1 is 1.27 bits per heavy atom. The van der Waals surface area contributed by atoms with Crippen molar-refractivity contribution in [2.75, 3.05) is 21.2 Å². The van der Waals surface area contributed by atoms with E-state index in [1.54, 1.807) is 6.21 Å². The second-order valence-electron chi connectivity index (χ2n) is 3.33. The van der Waals surface area contributed by atoms with Crippen LogP contribution in [0.5, 0.6) is 0 Å². The number of oxime groups is 1. The summed E-state index contributed by atoms with van der Waals surface area (Å²) in [7, 11) is 5.49. The predicted octanol–water partition coefficient (Wildman–Crippen LogP) is 2.22. The lowest BCUT2D eigenvalue weighted by Crippen LogP contribution is -2.03. The fourth-order valence-corrected chi connectivity index (χ4v) is 1.20. The monoisotopic (exact) mass is 204 g/mol. The van der Waals surface area contributed by atoms with Gasteiger partial charge >= 0.3 is 0 Å². The highest BCUT2D eigenvalue weighted by atomic mass is 16.6. The van der Waals surface area contributed by atoms with E-state index in [1.165, 1.54) is 7.11 Å². The number of benzene rings is 1. The zero-order valence-corrected chi connectivity index (χ0v) is 9.34. The maximum atomic E-state index is 4.69. The van der Waals surface area contributed by atoms with Crippen LogP contribution in [-0.2, 0) is 4.84 Å². The minimum absolute atomic E-state index is 1.02. The predicted molar refractivity (Wildman–Crippen MR) is 63.6 cm³/mol. The fraction of sp³-hybridized carbons (Fsp3) is 0.250. The Morgan fingerprint density at radius 2 is 1.93 bits per heavy atom. The van der Waals surface area contributed by atoms with Gasteiger partial charge in [-0.15, -0.1) is 0 Å². The van der Waals surface area contributed by atoms with E-state index in [2.05, 4.69) is 9.99 Å². The largest absolute Gasteiger partial charge is 0.399 e. The van der Waals surface area contributed by atoms with Crippen molar-refractivity contribution in [2.24, 2.45) is 5.16 Å². The molecule has 0 amide bonds. The van der Waals surface area contributed by atoms with Crippen LogP contribution in [0.3, 0.4) is 0 Å². The average molecular weight is 204 g/mol. The van der Waals surface area contributed by atoms with E-state index in [0.29, 0.717) is 0 Å². The van der Waals surface area contributed by atoms with Gasteiger partial charge in [-0.2, -0.15) is 0 Å². The first-order valence-electron chi connectivity index (χ1n) is 4.74. The van der Waals surface area contributed by atoms with E-state index in [9.17, 15) is 0 Å². The van der Waals surface area contributed by atoms with Crippen LogP contribution in [0.2, 0.25) is 0 Å². The highest BCUT2D eigenvalue weighted by Crippen LogP contribution is 2.12. The lowest BCUT2D eigenvalue weighted by Gasteiger charge is -2.08. The lowest BCUT2D eigenvalue weighted by molar-refractivity contribution is 0.216. The Hall–Kier alpha value is -1.77. The molecular formula is C12H16N2O. The van der Waals surface area contributed by atoms with Crippen LogP contribution in [0.4, 0.5) is 0 Å². The molecule has 0 N–H and O–H groups in total. The lowest BCUT2D eigenvalue weighted by atomic mass is 10.1. The number of rotatable bonds is 4. The molecule has 0 atom stereocenters. The quantitative estimate of drug-likeness (QED) is 0.555. The zero-order chi connectivity index (χ0) is 11.1. The van der Waals surface area contributed by atoms with Crippen LogP contribution in [0.25, 0.3) is 5.57 Å². The molecule has 0 aliphatic carbocycles. The third kappa shape index (κ3) is 3.85. The molecule has 80 valence electrons. The zero-order valence-electron chi connectivity index (χ0n) is 9.34. The molecule has 1 aromatic carbocycles. The summed E-state index contributed by atoms with van der Waals surface area (Å²) in [4.78, 5) is 6.66. The van der Waals surface area contributed by atoms with Gasteiger partial charge in [0.2, 0.25) is 0 Å². The van der Waals surface area contributed by atoms with E-state index < -0.39 is 0 Å². The molecule has 1 aromatic rings. The van der Waals surface area contributed by atoms with Gasteiger partial charge in [-0.1, -0.05) is 35.5 Å². The first kappa shape index (κ1) is 11.3. The highest BCUT2D eigenvalue weighted by molar-refractivity contribution is 6.09. The van der Waals surface area contributed by atoms with Crippen molar-refractivity contribution in [3.63, 3.8) is 0 Å². The summed E-state index contributed by atoms with van der Waals surface area (Å²) in [6, 6.07) is 10.1. The second-order valence-corrected chi connectivity index (χ2v) is 3.33. The number of allylic oxidation sites excluding steroid dienone is 1. The molecule has 0 saturated carbocycles. The molecule has 15 heavy (non-hydrogen) atoms. The van der Waals surface area contributed by atoms with Gasteiger partial charge in [0.25, 0.3) is 0 Å². The van der Waals surface area contributed by atoms with Crippen LogP contribution in [-0.4, -0.2) is 32.3 Å².